The molecular weight excluding hydrogens is 325 g/mol. The minimum Gasteiger partial charge on any atom is -0.451 e. The summed E-state index contributed by atoms with van der Waals surface area (Å²) in [4.78, 5) is 25.2. The molecule has 0 saturated carbocycles. The van der Waals surface area contributed by atoms with E-state index in [1.807, 2.05) is 0 Å². The molecule has 2 heterocycles. The van der Waals surface area contributed by atoms with Crippen LogP contribution in [0.4, 0.5) is 0 Å². The van der Waals surface area contributed by atoms with E-state index in [2.05, 4.69) is 0 Å². The molecule has 0 aliphatic carbocycles. The highest BCUT2D eigenvalue weighted by Crippen LogP contribution is 2.34. The molecule has 1 aromatic carbocycles. The number of hydrogen-bond donors (Lipinski definition) is 0. The first kappa shape index (κ1) is 15.1. The highest BCUT2D eigenvalue weighted by atomic mass is 35.5. The maximum atomic E-state index is 12.4. The Bertz CT molecular complexity index is 729. The number of likely N-dealkylation sites (tertiary alicyclic amines) is 1. The second-order valence-corrected chi connectivity index (χ2v) is 5.88. The molecule has 0 N–H and O–H groups in total. The van der Waals surface area contributed by atoms with E-state index >= 15 is 0 Å². The number of ketones is 1. The van der Waals surface area contributed by atoms with Crippen LogP contribution in [-0.2, 0) is 4.79 Å². The van der Waals surface area contributed by atoms with Crippen molar-refractivity contribution in [2.45, 2.75) is 12.8 Å². The molecule has 0 atom stereocenters. The number of furan rings is 1. The first-order valence-corrected chi connectivity index (χ1v) is 7.67. The lowest BCUT2D eigenvalue weighted by Crippen LogP contribution is -2.38. The summed E-state index contributed by atoms with van der Waals surface area (Å²) in [6.45, 7) is 0.872. The molecule has 2 aromatic rings. The zero-order valence-corrected chi connectivity index (χ0v) is 13.2. The molecule has 1 fully saturated rings. The second kappa shape index (κ2) is 6.15. The van der Waals surface area contributed by atoms with Crippen molar-refractivity contribution >= 4 is 34.9 Å². The quantitative estimate of drug-likeness (QED) is 0.830. The van der Waals surface area contributed by atoms with E-state index in [-0.39, 0.29) is 17.5 Å². The van der Waals surface area contributed by atoms with Crippen LogP contribution in [0.25, 0.3) is 11.3 Å². The van der Waals surface area contributed by atoms with Crippen molar-refractivity contribution in [2.75, 3.05) is 13.1 Å². The zero-order valence-electron chi connectivity index (χ0n) is 11.6. The summed E-state index contributed by atoms with van der Waals surface area (Å²) >= 11 is 12.1. The number of Topliss-reactive ketones (excluding diaryl/α,β-unsaturated/α-hetero) is 1. The number of piperidine rings is 1. The van der Waals surface area contributed by atoms with Gasteiger partial charge in [0.15, 0.2) is 5.76 Å². The predicted molar refractivity (Wildman–Crippen MR) is 84.3 cm³/mol. The maximum Gasteiger partial charge on any atom is 0.289 e. The van der Waals surface area contributed by atoms with Crippen molar-refractivity contribution in [3.05, 3.63) is 46.1 Å². The molecule has 0 unspecified atom stereocenters. The number of halogens is 2. The van der Waals surface area contributed by atoms with Gasteiger partial charge in [-0.1, -0.05) is 29.3 Å². The molecule has 6 heteroatoms. The summed E-state index contributed by atoms with van der Waals surface area (Å²) in [5.74, 6) is 0.705. The third-order valence-corrected chi connectivity index (χ3v) is 4.46. The van der Waals surface area contributed by atoms with Gasteiger partial charge >= 0.3 is 0 Å². The lowest BCUT2D eigenvalue weighted by Gasteiger charge is -2.24. The first-order chi connectivity index (χ1) is 10.6. The third kappa shape index (κ3) is 2.89. The summed E-state index contributed by atoms with van der Waals surface area (Å²) in [6.07, 6.45) is 0.804. The number of hydrogen-bond acceptors (Lipinski definition) is 3. The maximum absolute atomic E-state index is 12.4. The lowest BCUT2D eigenvalue weighted by molar-refractivity contribution is -0.120. The normalized spacial score (nSPS) is 15.2. The predicted octanol–water partition coefficient (Wildman–Crippen LogP) is 4.06. The van der Waals surface area contributed by atoms with E-state index in [1.54, 1.807) is 35.2 Å². The van der Waals surface area contributed by atoms with Gasteiger partial charge in [0.05, 0.1) is 10.0 Å². The molecule has 1 aliphatic heterocycles. The molecule has 1 amide bonds. The van der Waals surface area contributed by atoms with Crippen LogP contribution >= 0.6 is 23.2 Å². The molecule has 114 valence electrons. The average molecular weight is 338 g/mol. The van der Waals surface area contributed by atoms with E-state index in [0.29, 0.717) is 47.3 Å². The van der Waals surface area contributed by atoms with Gasteiger partial charge in [-0.05, 0) is 24.3 Å². The van der Waals surface area contributed by atoms with Crippen molar-refractivity contribution < 1.29 is 14.0 Å². The lowest BCUT2D eigenvalue weighted by atomic mass is 10.1. The second-order valence-electron chi connectivity index (χ2n) is 5.10. The highest BCUT2D eigenvalue weighted by molar-refractivity contribution is 6.43. The van der Waals surface area contributed by atoms with Crippen molar-refractivity contribution in [2.24, 2.45) is 0 Å². The minimum absolute atomic E-state index is 0.190. The molecule has 0 spiro atoms. The monoisotopic (exact) mass is 337 g/mol. The summed E-state index contributed by atoms with van der Waals surface area (Å²) in [7, 11) is 0. The topological polar surface area (TPSA) is 50.5 Å². The Labute approximate surface area is 137 Å². The van der Waals surface area contributed by atoms with Crippen LogP contribution in [0.1, 0.15) is 23.4 Å². The zero-order chi connectivity index (χ0) is 15.7. The molecule has 3 rings (SSSR count). The molecule has 22 heavy (non-hydrogen) atoms. The van der Waals surface area contributed by atoms with Gasteiger partial charge < -0.3 is 9.32 Å². The molecule has 0 bridgehead atoms. The van der Waals surface area contributed by atoms with Gasteiger partial charge in [0, 0.05) is 31.5 Å². The number of nitrogens with zero attached hydrogens (tertiary/aromatic N) is 1. The van der Waals surface area contributed by atoms with Crippen molar-refractivity contribution in [1.82, 2.24) is 4.90 Å². The molecular formula is C16H13Cl2NO3. The van der Waals surface area contributed by atoms with E-state index in [0.717, 1.165) is 0 Å². The Morgan fingerprint density at radius 3 is 2.55 bits per heavy atom. The highest BCUT2D eigenvalue weighted by Gasteiger charge is 2.24. The van der Waals surface area contributed by atoms with Crippen LogP contribution in [0.5, 0.6) is 0 Å². The fraction of sp³-hybridized carbons (Fsp3) is 0.250. The van der Waals surface area contributed by atoms with E-state index < -0.39 is 0 Å². The molecule has 1 saturated heterocycles. The first-order valence-electron chi connectivity index (χ1n) is 6.91. The Morgan fingerprint density at radius 2 is 1.82 bits per heavy atom. The number of carbonyl (C=O) groups excluding carboxylic acids is 2. The SMILES string of the molecule is O=C1CCN(C(=O)c2ccc(-c3cccc(Cl)c3Cl)o2)CC1. The van der Waals surface area contributed by atoms with Crippen LogP contribution in [0, 0.1) is 0 Å². The van der Waals surface area contributed by atoms with Gasteiger partial charge in [-0.2, -0.15) is 0 Å². The number of benzene rings is 1. The molecule has 0 radical (unpaired) electrons. The standard InChI is InChI=1S/C16H13Cl2NO3/c17-12-3-1-2-11(15(12)18)13-4-5-14(22-13)16(21)19-8-6-10(20)7-9-19/h1-5H,6-9H2. The Hall–Kier alpha value is -1.78. The Kier molecular flexibility index (Phi) is 4.23. The Balaban J connectivity index is 1.83. The number of amides is 1. The third-order valence-electron chi connectivity index (χ3n) is 3.64. The summed E-state index contributed by atoms with van der Waals surface area (Å²) in [5, 5.41) is 0.819. The van der Waals surface area contributed by atoms with Gasteiger partial charge in [0.25, 0.3) is 5.91 Å². The molecule has 1 aromatic heterocycles. The van der Waals surface area contributed by atoms with Gasteiger partial charge in [-0.15, -0.1) is 0 Å². The van der Waals surface area contributed by atoms with Crippen LogP contribution in [0.15, 0.2) is 34.7 Å². The fourth-order valence-electron chi connectivity index (χ4n) is 2.41. The summed E-state index contributed by atoms with van der Waals surface area (Å²) in [5.41, 5.74) is 0.641. The van der Waals surface area contributed by atoms with Gasteiger partial charge in [-0.3, -0.25) is 9.59 Å². The van der Waals surface area contributed by atoms with Gasteiger partial charge in [0.1, 0.15) is 11.5 Å². The van der Waals surface area contributed by atoms with Crippen LogP contribution in [0.3, 0.4) is 0 Å². The van der Waals surface area contributed by atoms with Crippen LogP contribution < -0.4 is 0 Å². The largest absolute Gasteiger partial charge is 0.451 e. The van der Waals surface area contributed by atoms with E-state index in [9.17, 15) is 9.59 Å². The van der Waals surface area contributed by atoms with Crippen LogP contribution in [0.2, 0.25) is 10.0 Å². The minimum atomic E-state index is -0.211. The summed E-state index contributed by atoms with van der Waals surface area (Å²) in [6, 6.07) is 8.54. The fourth-order valence-corrected chi connectivity index (χ4v) is 2.80. The van der Waals surface area contributed by atoms with Gasteiger partial charge in [0.2, 0.25) is 0 Å². The van der Waals surface area contributed by atoms with Crippen molar-refractivity contribution in [3.8, 4) is 11.3 Å². The van der Waals surface area contributed by atoms with E-state index in [1.165, 1.54) is 0 Å². The molecule has 4 nitrogen and oxygen atoms in total. The average Bonchev–Trinajstić information content (AvgIpc) is 3.00. The van der Waals surface area contributed by atoms with Crippen LogP contribution in [-0.4, -0.2) is 29.7 Å². The molecule has 1 aliphatic rings. The van der Waals surface area contributed by atoms with Gasteiger partial charge in [-0.25, -0.2) is 0 Å². The number of carbonyl (C=O) groups is 2. The number of rotatable bonds is 2. The summed E-state index contributed by atoms with van der Waals surface area (Å²) < 4.78 is 5.63. The Morgan fingerprint density at radius 1 is 1.09 bits per heavy atom. The smallest absolute Gasteiger partial charge is 0.289 e. The van der Waals surface area contributed by atoms with Crippen molar-refractivity contribution in [3.63, 3.8) is 0 Å². The van der Waals surface area contributed by atoms with E-state index in [4.69, 9.17) is 27.6 Å². The van der Waals surface area contributed by atoms with Crippen molar-refractivity contribution in [1.29, 1.82) is 0 Å².